The highest BCUT2D eigenvalue weighted by atomic mass is 79.9. The van der Waals surface area contributed by atoms with Crippen LogP contribution < -0.4 is 5.32 Å². The highest BCUT2D eigenvalue weighted by Gasteiger charge is 2.75. The number of nitrogens with one attached hydrogen (secondary N) is 1. The van der Waals surface area contributed by atoms with E-state index in [1.807, 2.05) is 74.5 Å². The van der Waals surface area contributed by atoms with Crippen molar-refractivity contribution in [3.05, 3.63) is 94.5 Å². The zero-order valence-electron chi connectivity index (χ0n) is 28.4. The van der Waals surface area contributed by atoms with Gasteiger partial charge in [0, 0.05) is 30.6 Å². The van der Waals surface area contributed by atoms with E-state index >= 15 is 0 Å². The zero-order chi connectivity index (χ0) is 35.6. The van der Waals surface area contributed by atoms with E-state index in [4.69, 9.17) is 14.2 Å². The molecule has 2 aromatic carbocycles. The number of halogens is 1. The number of cyclic esters (lactones) is 1. The van der Waals surface area contributed by atoms with E-state index in [2.05, 4.69) is 21.2 Å². The molecule has 50 heavy (non-hydrogen) atoms. The van der Waals surface area contributed by atoms with Crippen molar-refractivity contribution in [2.75, 3.05) is 26.9 Å². The molecule has 4 aliphatic heterocycles. The fourth-order valence-electron chi connectivity index (χ4n) is 7.86. The molecule has 0 radical (unpaired) electrons. The number of esters is 1. The van der Waals surface area contributed by atoms with E-state index in [1.165, 1.54) is 12.0 Å². The molecule has 2 N–H and O–H groups in total. The first-order chi connectivity index (χ1) is 24.1. The minimum atomic E-state index is -1.50. The molecule has 2 saturated heterocycles. The van der Waals surface area contributed by atoms with Crippen LogP contribution in [0, 0.1) is 11.8 Å². The second-order valence-electron chi connectivity index (χ2n) is 13.6. The maximum Gasteiger partial charge on any atom is 0.313 e. The van der Waals surface area contributed by atoms with Gasteiger partial charge in [0.1, 0.15) is 29.8 Å². The van der Waals surface area contributed by atoms with E-state index in [1.54, 1.807) is 23.1 Å². The SMILES string of the molecule is COC[C@@H]1NC(=O)CC/C=C\CN(C(C)C)C(=O)[C@H]2N([C@@H](CO)Cc3ccccc3)C(=O)[C@@H]3[C@@H](C(=O)O[C@H]1c1ccccc1)[C@@H]1O[C@@]32C=C1Br. The summed E-state index contributed by atoms with van der Waals surface area (Å²) in [5.74, 6) is -3.99. The minimum absolute atomic E-state index is 0.0558. The number of likely N-dealkylation sites (tertiary alicyclic amines) is 1. The van der Waals surface area contributed by atoms with Crippen molar-refractivity contribution in [2.45, 2.75) is 75.1 Å². The summed E-state index contributed by atoms with van der Waals surface area (Å²) in [7, 11) is 1.51. The first-order valence-electron chi connectivity index (χ1n) is 17.1. The number of carbonyl (C=O) groups is 4. The number of aliphatic hydroxyl groups is 1. The number of benzene rings is 2. The number of amides is 3. The van der Waals surface area contributed by atoms with Crippen LogP contribution in [0.1, 0.15) is 43.9 Å². The largest absolute Gasteiger partial charge is 0.455 e. The van der Waals surface area contributed by atoms with Crippen LogP contribution in [-0.4, -0.2) is 101 Å². The Morgan fingerprint density at radius 3 is 2.36 bits per heavy atom. The molecule has 2 fully saturated rings. The van der Waals surface area contributed by atoms with Crippen molar-refractivity contribution >= 4 is 39.6 Å². The molecule has 0 unspecified atom stereocenters. The first-order valence-corrected chi connectivity index (χ1v) is 17.9. The third-order valence-corrected chi connectivity index (χ3v) is 10.8. The molecule has 11 nitrogen and oxygen atoms in total. The van der Waals surface area contributed by atoms with Crippen molar-refractivity contribution < 1.29 is 38.5 Å². The summed E-state index contributed by atoms with van der Waals surface area (Å²) in [6.45, 7) is 3.66. The Morgan fingerprint density at radius 2 is 1.70 bits per heavy atom. The van der Waals surface area contributed by atoms with Gasteiger partial charge in [0.15, 0.2) is 0 Å². The standard InChI is InChI=1S/C38H44BrN3O8/c1-23(2)41-18-12-6-11-17-29(44)40-28(22-48-3)32(25-15-9-5-10-16-25)49-37(47)30-31-35(45)42(26(21-43)19-24-13-7-4-8-14-24)34(36(41)46)38(31)20-27(39)33(30)50-38/h4-10,12-16,20,23,26,28,30-34,43H,11,17-19,21-22H2,1-3H3,(H,40,44)/b12-6-/t26-,28+,30-,31+,32+,33-,34-,38+/m1/s1. The Balaban J connectivity index is 1.48. The van der Waals surface area contributed by atoms with Gasteiger partial charge in [-0.1, -0.05) is 88.7 Å². The van der Waals surface area contributed by atoms with E-state index in [0.717, 1.165) is 5.56 Å². The van der Waals surface area contributed by atoms with Gasteiger partial charge in [0.25, 0.3) is 0 Å². The summed E-state index contributed by atoms with van der Waals surface area (Å²) in [5.41, 5.74) is 0.0178. The number of aliphatic hydroxyl groups excluding tert-OH is 1. The molecule has 0 saturated carbocycles. The quantitative estimate of drug-likeness (QED) is 0.310. The van der Waals surface area contributed by atoms with Gasteiger partial charge < -0.3 is 34.4 Å². The lowest BCUT2D eigenvalue weighted by molar-refractivity contribution is -0.163. The summed E-state index contributed by atoms with van der Waals surface area (Å²) in [4.78, 5) is 60.6. The monoisotopic (exact) mass is 749 g/mol. The summed E-state index contributed by atoms with van der Waals surface area (Å²) in [5, 5.41) is 13.8. The van der Waals surface area contributed by atoms with Gasteiger partial charge in [-0.3, -0.25) is 19.2 Å². The fourth-order valence-corrected chi connectivity index (χ4v) is 8.60. The number of rotatable bonds is 8. The second kappa shape index (κ2) is 15.2. The van der Waals surface area contributed by atoms with Crippen LogP contribution >= 0.6 is 15.9 Å². The maximum atomic E-state index is 14.9. The number of nitrogens with zero attached hydrogens (tertiary/aromatic N) is 2. The third-order valence-electron chi connectivity index (χ3n) is 10.1. The van der Waals surface area contributed by atoms with Crippen LogP contribution in [0.5, 0.6) is 0 Å². The summed E-state index contributed by atoms with van der Waals surface area (Å²) < 4.78 is 19.0. The molecule has 2 aromatic rings. The number of ether oxygens (including phenoxy) is 3. The lowest BCUT2D eigenvalue weighted by Crippen LogP contribution is -2.59. The Bertz CT molecular complexity index is 1630. The van der Waals surface area contributed by atoms with Gasteiger partial charge in [-0.05, 0) is 43.9 Å². The van der Waals surface area contributed by atoms with E-state index in [0.29, 0.717) is 16.5 Å². The molecule has 12 heteroatoms. The molecule has 1 spiro atoms. The summed E-state index contributed by atoms with van der Waals surface area (Å²) in [6.07, 6.45) is 4.49. The Labute approximate surface area is 300 Å². The van der Waals surface area contributed by atoms with Crippen molar-refractivity contribution in [1.29, 1.82) is 0 Å². The lowest BCUT2D eigenvalue weighted by Gasteiger charge is -2.40. The van der Waals surface area contributed by atoms with Crippen LogP contribution in [-0.2, 0) is 39.8 Å². The van der Waals surface area contributed by atoms with Gasteiger partial charge in [0.2, 0.25) is 17.7 Å². The molecular formula is C38H44BrN3O8. The first kappa shape index (κ1) is 36.0. The topological polar surface area (TPSA) is 135 Å². The summed E-state index contributed by atoms with van der Waals surface area (Å²) >= 11 is 3.61. The van der Waals surface area contributed by atoms with E-state index < -0.39 is 66.3 Å². The molecule has 6 rings (SSSR count). The Kier molecular flexibility index (Phi) is 10.9. The number of fused-ring (bicyclic) bond motifs is 2. The van der Waals surface area contributed by atoms with Gasteiger partial charge in [-0.25, -0.2) is 0 Å². The average molecular weight is 751 g/mol. The van der Waals surface area contributed by atoms with Gasteiger partial charge >= 0.3 is 5.97 Å². The third kappa shape index (κ3) is 6.66. The maximum absolute atomic E-state index is 14.9. The van der Waals surface area contributed by atoms with Crippen LogP contribution in [0.15, 0.2) is 83.4 Å². The molecule has 3 amide bonds. The highest BCUT2D eigenvalue weighted by molar-refractivity contribution is 9.11. The molecule has 4 heterocycles. The predicted octanol–water partition coefficient (Wildman–Crippen LogP) is 3.47. The molecule has 4 aliphatic rings. The van der Waals surface area contributed by atoms with Crippen molar-refractivity contribution in [3.63, 3.8) is 0 Å². The molecule has 266 valence electrons. The molecule has 5 bridgehead atoms. The highest BCUT2D eigenvalue weighted by Crippen LogP contribution is 2.59. The van der Waals surface area contributed by atoms with Crippen molar-refractivity contribution in [2.24, 2.45) is 11.8 Å². The van der Waals surface area contributed by atoms with Crippen LogP contribution in [0.2, 0.25) is 0 Å². The van der Waals surface area contributed by atoms with Crippen LogP contribution in [0.25, 0.3) is 0 Å². The van der Waals surface area contributed by atoms with E-state index in [9.17, 15) is 24.3 Å². The van der Waals surface area contributed by atoms with Crippen molar-refractivity contribution in [3.8, 4) is 0 Å². The molecule has 0 aliphatic carbocycles. The zero-order valence-corrected chi connectivity index (χ0v) is 30.0. The van der Waals surface area contributed by atoms with Crippen LogP contribution in [0.4, 0.5) is 0 Å². The normalized spacial score (nSPS) is 31.4. The average Bonchev–Trinajstić information content (AvgIpc) is 3.70. The fraction of sp³-hybridized carbons (Fsp3) is 0.474. The van der Waals surface area contributed by atoms with Gasteiger partial charge in [-0.2, -0.15) is 0 Å². The molecule has 8 atom stereocenters. The number of allylic oxidation sites excluding steroid dienone is 1. The predicted molar refractivity (Wildman–Crippen MR) is 188 cm³/mol. The number of methoxy groups -OCH3 is 1. The van der Waals surface area contributed by atoms with Crippen molar-refractivity contribution in [1.82, 2.24) is 15.1 Å². The smallest absolute Gasteiger partial charge is 0.313 e. The van der Waals surface area contributed by atoms with Crippen LogP contribution in [0.3, 0.4) is 0 Å². The van der Waals surface area contributed by atoms with Gasteiger partial charge in [-0.15, -0.1) is 0 Å². The molecule has 0 aromatic heterocycles. The Hall–Kier alpha value is -3.84. The number of carbonyl (C=O) groups excluding carboxylic acids is 4. The number of hydrogen-bond acceptors (Lipinski definition) is 8. The minimum Gasteiger partial charge on any atom is -0.455 e. The number of hydrogen-bond donors (Lipinski definition) is 2. The Morgan fingerprint density at radius 1 is 1.00 bits per heavy atom. The second-order valence-corrected chi connectivity index (χ2v) is 14.5. The van der Waals surface area contributed by atoms with E-state index in [-0.39, 0.29) is 43.8 Å². The summed E-state index contributed by atoms with van der Waals surface area (Å²) in [6, 6.07) is 15.6. The lowest BCUT2D eigenvalue weighted by atomic mass is 9.74. The van der Waals surface area contributed by atoms with Gasteiger partial charge in [0.05, 0.1) is 31.2 Å². The molecular weight excluding hydrogens is 706 g/mol.